The van der Waals surface area contributed by atoms with E-state index in [1.807, 2.05) is 13.0 Å². The van der Waals surface area contributed by atoms with Gasteiger partial charge < -0.3 is 9.09 Å². The predicted molar refractivity (Wildman–Crippen MR) is 76.7 cm³/mol. The van der Waals surface area contributed by atoms with Crippen LogP contribution in [-0.2, 0) is 19.8 Å². The number of aryl methyl sites for hydroxylation is 2. The van der Waals surface area contributed by atoms with Crippen LogP contribution in [0.25, 0.3) is 0 Å². The number of halogens is 3. The van der Waals surface area contributed by atoms with Crippen LogP contribution in [0.5, 0.6) is 0 Å². The quantitative estimate of drug-likeness (QED) is 0.868. The summed E-state index contributed by atoms with van der Waals surface area (Å²) >= 11 is 0. The first kappa shape index (κ1) is 16.0. The SMILES string of the molecule is Cc1cc(CN2CCC[C@H](c3nc(C(F)(F)F)cn3C)C2)no1. The number of aromatic nitrogens is 3. The molecule has 0 saturated carbocycles. The molecule has 0 unspecified atom stereocenters. The standard InChI is InChI=1S/C15H19F3N4O/c1-10-6-12(20-23-10)8-22-5-3-4-11(7-22)14-19-13(9-21(14)2)15(16,17)18/h6,9,11H,3-5,7-8H2,1-2H3/t11-/m0/s1. The first-order valence-corrected chi connectivity index (χ1v) is 7.58. The minimum atomic E-state index is -4.40. The third-order valence-corrected chi connectivity index (χ3v) is 4.14. The minimum Gasteiger partial charge on any atom is -0.361 e. The van der Waals surface area contributed by atoms with Gasteiger partial charge in [-0.25, -0.2) is 4.98 Å². The molecule has 8 heteroatoms. The fourth-order valence-corrected chi connectivity index (χ4v) is 3.13. The van der Waals surface area contributed by atoms with Crippen molar-refractivity contribution in [2.45, 2.75) is 38.4 Å². The summed E-state index contributed by atoms with van der Waals surface area (Å²) < 4.78 is 45.0. The van der Waals surface area contributed by atoms with Crippen molar-refractivity contribution in [3.05, 3.63) is 35.2 Å². The highest BCUT2D eigenvalue weighted by molar-refractivity contribution is 5.12. The van der Waals surface area contributed by atoms with E-state index >= 15 is 0 Å². The Bertz CT molecular complexity index is 677. The number of alkyl halides is 3. The number of hydrogen-bond acceptors (Lipinski definition) is 4. The molecule has 0 bridgehead atoms. The second kappa shape index (κ2) is 5.99. The Kier molecular flexibility index (Phi) is 4.18. The van der Waals surface area contributed by atoms with Crippen molar-refractivity contribution in [3.63, 3.8) is 0 Å². The topological polar surface area (TPSA) is 47.1 Å². The summed E-state index contributed by atoms with van der Waals surface area (Å²) in [6.45, 7) is 4.06. The van der Waals surface area contributed by atoms with E-state index in [9.17, 15) is 13.2 Å². The summed E-state index contributed by atoms with van der Waals surface area (Å²) in [5, 5.41) is 3.98. The van der Waals surface area contributed by atoms with Gasteiger partial charge in [0.05, 0.1) is 5.69 Å². The molecule has 0 spiro atoms. The molecular weight excluding hydrogens is 309 g/mol. The average Bonchev–Trinajstić information content (AvgIpc) is 3.05. The van der Waals surface area contributed by atoms with Gasteiger partial charge in [-0.15, -0.1) is 0 Å². The van der Waals surface area contributed by atoms with Gasteiger partial charge in [0, 0.05) is 38.3 Å². The number of hydrogen-bond donors (Lipinski definition) is 0. The van der Waals surface area contributed by atoms with Crippen molar-refractivity contribution in [2.24, 2.45) is 7.05 Å². The zero-order valence-corrected chi connectivity index (χ0v) is 13.1. The molecule has 2 aromatic rings. The van der Waals surface area contributed by atoms with E-state index in [1.54, 1.807) is 7.05 Å². The van der Waals surface area contributed by atoms with E-state index in [1.165, 1.54) is 4.57 Å². The van der Waals surface area contributed by atoms with Crippen molar-refractivity contribution in [3.8, 4) is 0 Å². The summed E-state index contributed by atoms with van der Waals surface area (Å²) in [7, 11) is 1.62. The lowest BCUT2D eigenvalue weighted by Crippen LogP contribution is -2.34. The fraction of sp³-hybridized carbons (Fsp3) is 0.600. The maximum Gasteiger partial charge on any atom is 0.434 e. The van der Waals surface area contributed by atoms with Crippen LogP contribution in [0.15, 0.2) is 16.8 Å². The fourth-order valence-electron chi connectivity index (χ4n) is 3.13. The molecule has 1 atom stereocenters. The molecule has 1 aliphatic heterocycles. The lowest BCUT2D eigenvalue weighted by atomic mass is 9.97. The number of likely N-dealkylation sites (tertiary alicyclic amines) is 1. The van der Waals surface area contributed by atoms with Gasteiger partial charge in [-0.1, -0.05) is 5.16 Å². The lowest BCUT2D eigenvalue weighted by Gasteiger charge is -2.31. The van der Waals surface area contributed by atoms with Crippen molar-refractivity contribution in [1.82, 2.24) is 19.6 Å². The number of imidazole rings is 1. The van der Waals surface area contributed by atoms with Crippen molar-refractivity contribution in [1.29, 1.82) is 0 Å². The first-order chi connectivity index (χ1) is 10.8. The van der Waals surface area contributed by atoms with Gasteiger partial charge in [-0.2, -0.15) is 13.2 Å². The molecule has 0 aromatic carbocycles. The number of nitrogens with zero attached hydrogens (tertiary/aromatic N) is 4. The predicted octanol–water partition coefficient (Wildman–Crippen LogP) is 3.11. The molecule has 0 aliphatic carbocycles. The molecule has 5 nitrogen and oxygen atoms in total. The highest BCUT2D eigenvalue weighted by atomic mass is 19.4. The lowest BCUT2D eigenvalue weighted by molar-refractivity contribution is -0.141. The van der Waals surface area contributed by atoms with E-state index in [0.717, 1.165) is 37.0 Å². The van der Waals surface area contributed by atoms with Gasteiger partial charge in [0.25, 0.3) is 0 Å². The monoisotopic (exact) mass is 328 g/mol. The maximum absolute atomic E-state index is 12.8. The Balaban J connectivity index is 1.72. The second-order valence-corrected chi connectivity index (χ2v) is 6.10. The van der Waals surface area contributed by atoms with Crippen LogP contribution in [-0.4, -0.2) is 32.7 Å². The summed E-state index contributed by atoms with van der Waals surface area (Å²) in [6.07, 6.45) is -1.57. The second-order valence-electron chi connectivity index (χ2n) is 6.10. The van der Waals surface area contributed by atoms with E-state index in [2.05, 4.69) is 15.0 Å². The summed E-state index contributed by atoms with van der Waals surface area (Å²) in [4.78, 5) is 6.02. The highest BCUT2D eigenvalue weighted by Gasteiger charge is 2.36. The van der Waals surface area contributed by atoms with Gasteiger partial charge in [0.2, 0.25) is 0 Å². The third kappa shape index (κ3) is 3.57. The van der Waals surface area contributed by atoms with Gasteiger partial charge in [-0.05, 0) is 26.3 Å². The third-order valence-electron chi connectivity index (χ3n) is 4.14. The largest absolute Gasteiger partial charge is 0.434 e. The molecule has 126 valence electrons. The van der Waals surface area contributed by atoms with Crippen molar-refractivity contribution in [2.75, 3.05) is 13.1 Å². The van der Waals surface area contributed by atoms with E-state index in [-0.39, 0.29) is 5.92 Å². The molecule has 1 saturated heterocycles. The molecule has 1 aliphatic rings. The molecule has 0 radical (unpaired) electrons. The van der Waals surface area contributed by atoms with E-state index in [4.69, 9.17) is 4.52 Å². The highest BCUT2D eigenvalue weighted by Crippen LogP contribution is 2.32. The van der Waals surface area contributed by atoms with Gasteiger partial charge in [-0.3, -0.25) is 4.90 Å². The van der Waals surface area contributed by atoms with Gasteiger partial charge in [0.1, 0.15) is 11.6 Å². The summed E-state index contributed by atoms with van der Waals surface area (Å²) in [6, 6.07) is 1.88. The van der Waals surface area contributed by atoms with Crippen LogP contribution in [0.3, 0.4) is 0 Å². The van der Waals surface area contributed by atoms with E-state index in [0.29, 0.717) is 18.9 Å². The van der Waals surface area contributed by atoms with Crippen LogP contribution >= 0.6 is 0 Å². The molecule has 0 N–H and O–H groups in total. The molecular formula is C15H19F3N4O. The molecule has 3 rings (SSSR count). The number of rotatable bonds is 3. The summed E-state index contributed by atoms with van der Waals surface area (Å²) in [5.41, 5.74) is 0.0261. The molecule has 23 heavy (non-hydrogen) atoms. The van der Waals surface area contributed by atoms with Crippen LogP contribution in [0, 0.1) is 6.92 Å². The van der Waals surface area contributed by atoms with Crippen LogP contribution in [0.1, 0.15) is 41.7 Å². The zero-order chi connectivity index (χ0) is 16.6. The molecule has 0 amide bonds. The van der Waals surface area contributed by atoms with Crippen molar-refractivity contribution >= 4 is 0 Å². The maximum atomic E-state index is 12.8. The Morgan fingerprint density at radius 1 is 1.39 bits per heavy atom. The zero-order valence-electron chi connectivity index (χ0n) is 13.1. The Hall–Kier alpha value is -1.83. The average molecular weight is 328 g/mol. The Morgan fingerprint density at radius 2 is 2.17 bits per heavy atom. The first-order valence-electron chi connectivity index (χ1n) is 7.58. The van der Waals surface area contributed by atoms with Crippen LogP contribution < -0.4 is 0 Å². The van der Waals surface area contributed by atoms with Crippen LogP contribution in [0.2, 0.25) is 0 Å². The van der Waals surface area contributed by atoms with Crippen LogP contribution in [0.4, 0.5) is 13.2 Å². The molecule has 1 fully saturated rings. The van der Waals surface area contributed by atoms with E-state index < -0.39 is 11.9 Å². The normalized spacial score (nSPS) is 20.1. The van der Waals surface area contributed by atoms with Gasteiger partial charge >= 0.3 is 6.18 Å². The number of piperidine rings is 1. The summed E-state index contributed by atoms with van der Waals surface area (Å²) in [5.74, 6) is 1.25. The van der Waals surface area contributed by atoms with Gasteiger partial charge in [0.15, 0.2) is 5.69 Å². The smallest absolute Gasteiger partial charge is 0.361 e. The minimum absolute atomic E-state index is 0.00199. The Morgan fingerprint density at radius 3 is 2.78 bits per heavy atom. The molecule has 3 heterocycles. The Labute approximate surface area is 132 Å². The van der Waals surface area contributed by atoms with Crippen molar-refractivity contribution < 1.29 is 17.7 Å². The molecule has 2 aromatic heterocycles.